The standard InChI is InChI=1S/C19H26FN3O2S/c1-3-9-23-15(2)14-21-19(23)12-16-7-10-22(11-8-16)26(24,25)18-6-4-5-17(20)13-18/h4-6,13-14,16H,3,7-12H2,1-2H3. The first kappa shape index (κ1) is 19.0. The number of halogens is 1. The van der Waals surface area contributed by atoms with Crippen LogP contribution in [0, 0.1) is 18.7 Å². The van der Waals surface area contributed by atoms with Crippen LogP contribution in [-0.2, 0) is 23.0 Å². The second-order valence-electron chi connectivity index (χ2n) is 6.98. The van der Waals surface area contributed by atoms with Crippen LogP contribution in [0.1, 0.15) is 37.7 Å². The van der Waals surface area contributed by atoms with Gasteiger partial charge in [0.05, 0.1) is 4.90 Å². The van der Waals surface area contributed by atoms with E-state index in [2.05, 4.69) is 23.4 Å². The third-order valence-corrected chi connectivity index (χ3v) is 6.96. The van der Waals surface area contributed by atoms with E-state index in [4.69, 9.17) is 0 Å². The van der Waals surface area contributed by atoms with Crippen LogP contribution in [-0.4, -0.2) is 35.4 Å². The van der Waals surface area contributed by atoms with E-state index in [-0.39, 0.29) is 4.90 Å². The molecule has 0 spiro atoms. The molecule has 1 fully saturated rings. The Kier molecular flexibility index (Phi) is 5.77. The summed E-state index contributed by atoms with van der Waals surface area (Å²) in [6.45, 7) is 6.13. The molecule has 2 aromatic rings. The van der Waals surface area contributed by atoms with Crippen LogP contribution >= 0.6 is 0 Å². The zero-order valence-corrected chi connectivity index (χ0v) is 16.2. The van der Waals surface area contributed by atoms with Gasteiger partial charge in [0.2, 0.25) is 10.0 Å². The molecular formula is C19H26FN3O2S. The molecule has 1 aromatic heterocycles. The minimum Gasteiger partial charge on any atom is -0.332 e. The fourth-order valence-electron chi connectivity index (χ4n) is 3.59. The Bertz CT molecular complexity index is 855. The smallest absolute Gasteiger partial charge is 0.243 e. The van der Waals surface area contributed by atoms with E-state index in [0.717, 1.165) is 44.1 Å². The topological polar surface area (TPSA) is 55.2 Å². The first-order chi connectivity index (χ1) is 12.4. The summed E-state index contributed by atoms with van der Waals surface area (Å²) in [5, 5.41) is 0. The van der Waals surface area contributed by atoms with Crippen molar-refractivity contribution in [3.05, 3.63) is 47.8 Å². The average molecular weight is 380 g/mol. The first-order valence-corrected chi connectivity index (χ1v) is 10.6. The number of rotatable bonds is 6. The number of hydrogen-bond acceptors (Lipinski definition) is 3. The molecule has 26 heavy (non-hydrogen) atoms. The lowest BCUT2D eigenvalue weighted by molar-refractivity contribution is 0.268. The van der Waals surface area contributed by atoms with E-state index in [9.17, 15) is 12.8 Å². The number of imidazole rings is 1. The van der Waals surface area contributed by atoms with Gasteiger partial charge in [-0.25, -0.2) is 17.8 Å². The second kappa shape index (κ2) is 7.88. The third kappa shape index (κ3) is 3.99. The highest BCUT2D eigenvalue weighted by Crippen LogP contribution is 2.26. The Hall–Kier alpha value is -1.73. The van der Waals surface area contributed by atoms with E-state index in [0.29, 0.717) is 19.0 Å². The predicted octanol–water partition coefficient (Wildman–Crippen LogP) is 3.38. The van der Waals surface area contributed by atoms with Gasteiger partial charge in [-0.3, -0.25) is 0 Å². The normalized spacial score (nSPS) is 16.9. The van der Waals surface area contributed by atoms with Crippen LogP contribution in [0.15, 0.2) is 35.4 Å². The number of aromatic nitrogens is 2. The molecule has 5 nitrogen and oxygen atoms in total. The fraction of sp³-hybridized carbons (Fsp3) is 0.526. The maximum Gasteiger partial charge on any atom is 0.243 e. The van der Waals surface area contributed by atoms with Gasteiger partial charge >= 0.3 is 0 Å². The van der Waals surface area contributed by atoms with Crippen molar-refractivity contribution in [3.63, 3.8) is 0 Å². The minimum absolute atomic E-state index is 0.0325. The third-order valence-electron chi connectivity index (χ3n) is 5.06. The van der Waals surface area contributed by atoms with Crippen molar-refractivity contribution in [1.82, 2.24) is 13.9 Å². The molecule has 0 N–H and O–H groups in total. The van der Waals surface area contributed by atoms with Crippen molar-refractivity contribution in [3.8, 4) is 0 Å². The predicted molar refractivity (Wildman–Crippen MR) is 98.8 cm³/mol. The molecule has 1 saturated heterocycles. The van der Waals surface area contributed by atoms with E-state index in [1.165, 1.54) is 28.2 Å². The highest BCUT2D eigenvalue weighted by molar-refractivity contribution is 7.89. The fourth-order valence-corrected chi connectivity index (χ4v) is 5.09. The van der Waals surface area contributed by atoms with Crippen molar-refractivity contribution in [2.75, 3.05) is 13.1 Å². The number of nitrogens with zero attached hydrogens (tertiary/aromatic N) is 3. The number of piperidine rings is 1. The minimum atomic E-state index is -3.62. The largest absolute Gasteiger partial charge is 0.332 e. The van der Waals surface area contributed by atoms with Crippen LogP contribution in [0.5, 0.6) is 0 Å². The van der Waals surface area contributed by atoms with Gasteiger partial charge in [-0.2, -0.15) is 4.31 Å². The van der Waals surface area contributed by atoms with Gasteiger partial charge in [-0.15, -0.1) is 0 Å². The molecule has 1 aliphatic rings. The lowest BCUT2D eigenvalue weighted by Gasteiger charge is -2.31. The molecular weight excluding hydrogens is 353 g/mol. The molecule has 142 valence electrons. The summed E-state index contributed by atoms with van der Waals surface area (Å²) < 4.78 is 42.5. The van der Waals surface area contributed by atoms with Gasteiger partial charge in [0.25, 0.3) is 0 Å². The summed E-state index contributed by atoms with van der Waals surface area (Å²) in [7, 11) is -3.62. The summed E-state index contributed by atoms with van der Waals surface area (Å²) in [5.74, 6) is 0.987. The zero-order valence-electron chi connectivity index (χ0n) is 15.4. The Morgan fingerprint density at radius 2 is 2.00 bits per heavy atom. The lowest BCUT2D eigenvalue weighted by atomic mass is 9.94. The van der Waals surface area contributed by atoms with Crippen LogP contribution in [0.3, 0.4) is 0 Å². The van der Waals surface area contributed by atoms with Gasteiger partial charge in [-0.1, -0.05) is 13.0 Å². The van der Waals surface area contributed by atoms with Crippen LogP contribution in [0.2, 0.25) is 0 Å². The number of aryl methyl sites for hydroxylation is 1. The first-order valence-electron chi connectivity index (χ1n) is 9.18. The van der Waals surface area contributed by atoms with Crippen molar-refractivity contribution < 1.29 is 12.8 Å². The van der Waals surface area contributed by atoms with Gasteiger partial charge in [0.1, 0.15) is 11.6 Å². The molecule has 0 atom stereocenters. The van der Waals surface area contributed by atoms with Crippen LogP contribution < -0.4 is 0 Å². The Morgan fingerprint density at radius 3 is 2.65 bits per heavy atom. The highest BCUT2D eigenvalue weighted by Gasteiger charge is 2.30. The van der Waals surface area contributed by atoms with E-state index >= 15 is 0 Å². The van der Waals surface area contributed by atoms with Gasteiger partial charge < -0.3 is 4.57 Å². The lowest BCUT2D eigenvalue weighted by Crippen LogP contribution is -2.39. The number of benzene rings is 1. The average Bonchev–Trinajstić information content (AvgIpc) is 2.96. The highest BCUT2D eigenvalue weighted by atomic mass is 32.2. The molecule has 7 heteroatoms. The molecule has 1 aromatic carbocycles. The quantitative estimate of drug-likeness (QED) is 0.773. The Balaban J connectivity index is 1.64. The van der Waals surface area contributed by atoms with Gasteiger partial charge in [0, 0.05) is 37.9 Å². The summed E-state index contributed by atoms with van der Waals surface area (Å²) >= 11 is 0. The molecule has 0 radical (unpaired) electrons. The molecule has 2 heterocycles. The molecule has 0 aliphatic carbocycles. The summed E-state index contributed by atoms with van der Waals surface area (Å²) in [6.07, 6.45) is 5.45. The number of hydrogen-bond donors (Lipinski definition) is 0. The van der Waals surface area contributed by atoms with Gasteiger partial charge in [0.15, 0.2) is 0 Å². The number of sulfonamides is 1. The summed E-state index contributed by atoms with van der Waals surface area (Å²) in [6, 6.07) is 5.23. The molecule has 1 aliphatic heterocycles. The molecule has 0 bridgehead atoms. The SMILES string of the molecule is CCCn1c(C)cnc1CC1CCN(S(=O)(=O)c2cccc(F)c2)CC1. The maximum absolute atomic E-state index is 13.4. The Morgan fingerprint density at radius 1 is 1.27 bits per heavy atom. The molecule has 0 unspecified atom stereocenters. The monoisotopic (exact) mass is 379 g/mol. The van der Waals surface area contributed by atoms with E-state index in [1.54, 1.807) is 0 Å². The van der Waals surface area contributed by atoms with Gasteiger partial charge in [-0.05, 0) is 50.3 Å². The Labute approximate surface area is 154 Å². The van der Waals surface area contributed by atoms with Crippen LogP contribution in [0.25, 0.3) is 0 Å². The molecule has 0 amide bonds. The second-order valence-corrected chi connectivity index (χ2v) is 8.91. The molecule has 3 rings (SSSR count). The van der Waals surface area contributed by atoms with Crippen LogP contribution in [0.4, 0.5) is 4.39 Å². The van der Waals surface area contributed by atoms with Crippen molar-refractivity contribution in [2.24, 2.45) is 5.92 Å². The van der Waals surface area contributed by atoms with Crippen molar-refractivity contribution >= 4 is 10.0 Å². The molecule has 0 saturated carbocycles. The maximum atomic E-state index is 13.4. The van der Waals surface area contributed by atoms with Crippen molar-refractivity contribution in [1.29, 1.82) is 0 Å². The van der Waals surface area contributed by atoms with E-state index in [1.807, 2.05) is 6.20 Å². The van der Waals surface area contributed by atoms with E-state index < -0.39 is 15.8 Å². The summed E-state index contributed by atoms with van der Waals surface area (Å²) in [4.78, 5) is 4.58. The van der Waals surface area contributed by atoms with Crippen molar-refractivity contribution in [2.45, 2.75) is 51.0 Å². The zero-order chi connectivity index (χ0) is 18.7. The summed E-state index contributed by atoms with van der Waals surface area (Å²) in [5.41, 5.74) is 1.17.